The number of para-hydroxylation sites is 1. The molecule has 102 valence electrons. The van der Waals surface area contributed by atoms with E-state index >= 15 is 0 Å². The average Bonchev–Trinajstić information content (AvgIpc) is 2.85. The van der Waals surface area contributed by atoms with Gasteiger partial charge in [0.1, 0.15) is 0 Å². The van der Waals surface area contributed by atoms with E-state index in [4.69, 9.17) is 28.9 Å². The highest BCUT2D eigenvalue weighted by atomic mass is 35.5. The van der Waals surface area contributed by atoms with E-state index < -0.39 is 0 Å². The van der Waals surface area contributed by atoms with Crippen LogP contribution in [0, 0.1) is 0 Å². The molecule has 0 radical (unpaired) electrons. The largest absolute Gasteiger partial charge is 0.343 e. The standard InChI is InChI=1S/C16H14Cl2N2/c17-14-5-4-13(15(18)8-14)10-20-7-6-11-2-1-3-12(9-19)16(11)20/h1-8H,9-10,19H2. The summed E-state index contributed by atoms with van der Waals surface area (Å²) in [6.45, 7) is 1.23. The highest BCUT2D eigenvalue weighted by molar-refractivity contribution is 6.35. The first-order valence-electron chi connectivity index (χ1n) is 6.40. The van der Waals surface area contributed by atoms with Crippen LogP contribution in [0.25, 0.3) is 10.9 Å². The Kier molecular flexibility index (Phi) is 3.70. The predicted octanol–water partition coefficient (Wildman–Crippen LogP) is 4.46. The molecule has 1 heterocycles. The fourth-order valence-corrected chi connectivity index (χ4v) is 2.94. The SMILES string of the molecule is NCc1cccc2ccn(Cc3ccc(Cl)cc3Cl)c12. The zero-order valence-electron chi connectivity index (χ0n) is 10.8. The molecule has 0 amide bonds. The molecule has 0 spiro atoms. The average molecular weight is 305 g/mol. The quantitative estimate of drug-likeness (QED) is 0.761. The molecular weight excluding hydrogens is 291 g/mol. The first-order chi connectivity index (χ1) is 9.69. The van der Waals surface area contributed by atoms with Crippen molar-refractivity contribution in [2.75, 3.05) is 0 Å². The zero-order chi connectivity index (χ0) is 14.1. The molecule has 0 saturated heterocycles. The maximum Gasteiger partial charge on any atom is 0.0528 e. The molecule has 0 aliphatic carbocycles. The summed E-state index contributed by atoms with van der Waals surface area (Å²) in [4.78, 5) is 0. The molecule has 0 saturated carbocycles. The van der Waals surface area contributed by atoms with Gasteiger partial charge in [0.05, 0.1) is 5.52 Å². The summed E-state index contributed by atoms with van der Waals surface area (Å²) in [7, 11) is 0. The smallest absolute Gasteiger partial charge is 0.0528 e. The third kappa shape index (κ3) is 2.42. The summed E-state index contributed by atoms with van der Waals surface area (Å²) < 4.78 is 2.17. The molecule has 2 aromatic carbocycles. The number of hydrogen-bond acceptors (Lipinski definition) is 1. The van der Waals surface area contributed by atoms with Crippen molar-refractivity contribution in [3.8, 4) is 0 Å². The third-order valence-corrected chi connectivity index (χ3v) is 4.03. The van der Waals surface area contributed by atoms with Gasteiger partial charge in [0.2, 0.25) is 0 Å². The second-order valence-electron chi connectivity index (χ2n) is 4.74. The fraction of sp³-hybridized carbons (Fsp3) is 0.125. The molecule has 20 heavy (non-hydrogen) atoms. The van der Waals surface area contributed by atoms with E-state index in [1.165, 1.54) is 10.9 Å². The van der Waals surface area contributed by atoms with Crippen LogP contribution < -0.4 is 5.73 Å². The topological polar surface area (TPSA) is 30.9 Å². The van der Waals surface area contributed by atoms with Crippen molar-refractivity contribution in [2.24, 2.45) is 5.73 Å². The van der Waals surface area contributed by atoms with Gasteiger partial charge in [-0.25, -0.2) is 0 Å². The van der Waals surface area contributed by atoms with Gasteiger partial charge in [-0.05, 0) is 34.7 Å². The molecule has 4 heteroatoms. The number of aromatic nitrogens is 1. The van der Waals surface area contributed by atoms with Gasteiger partial charge in [-0.15, -0.1) is 0 Å². The van der Waals surface area contributed by atoms with E-state index in [1.807, 2.05) is 18.2 Å². The Morgan fingerprint density at radius 2 is 1.85 bits per heavy atom. The second kappa shape index (κ2) is 5.49. The second-order valence-corrected chi connectivity index (χ2v) is 5.58. The van der Waals surface area contributed by atoms with E-state index in [-0.39, 0.29) is 0 Å². The first kappa shape index (κ1) is 13.5. The van der Waals surface area contributed by atoms with Gasteiger partial charge in [0, 0.05) is 29.3 Å². The van der Waals surface area contributed by atoms with Gasteiger partial charge in [-0.1, -0.05) is 47.5 Å². The summed E-state index contributed by atoms with van der Waals surface area (Å²) in [6, 6.07) is 13.9. The van der Waals surface area contributed by atoms with Gasteiger partial charge in [0.25, 0.3) is 0 Å². The van der Waals surface area contributed by atoms with Crippen molar-refractivity contribution < 1.29 is 0 Å². The molecule has 0 unspecified atom stereocenters. The molecule has 0 aliphatic rings. The summed E-state index contributed by atoms with van der Waals surface area (Å²) in [5.41, 5.74) is 9.18. The Labute approximate surface area is 127 Å². The molecule has 3 aromatic rings. The molecule has 2 N–H and O–H groups in total. The Morgan fingerprint density at radius 3 is 2.60 bits per heavy atom. The van der Waals surface area contributed by atoms with Crippen molar-refractivity contribution in [1.29, 1.82) is 0 Å². The summed E-state index contributed by atoms with van der Waals surface area (Å²) in [6.07, 6.45) is 2.06. The van der Waals surface area contributed by atoms with E-state index in [1.54, 1.807) is 6.07 Å². The van der Waals surface area contributed by atoms with Crippen molar-refractivity contribution >= 4 is 34.1 Å². The first-order valence-corrected chi connectivity index (χ1v) is 7.15. The van der Waals surface area contributed by atoms with Crippen LogP contribution >= 0.6 is 23.2 Å². The van der Waals surface area contributed by atoms with Crippen molar-refractivity contribution in [3.05, 3.63) is 69.8 Å². The highest BCUT2D eigenvalue weighted by Gasteiger charge is 2.08. The van der Waals surface area contributed by atoms with E-state index in [2.05, 4.69) is 29.0 Å². The normalized spacial score (nSPS) is 11.2. The molecule has 0 aliphatic heterocycles. The molecular formula is C16H14Cl2N2. The van der Waals surface area contributed by atoms with Crippen LogP contribution in [0.15, 0.2) is 48.7 Å². The lowest BCUT2D eigenvalue weighted by Gasteiger charge is -2.10. The van der Waals surface area contributed by atoms with Gasteiger partial charge in [-0.2, -0.15) is 0 Å². The van der Waals surface area contributed by atoms with Crippen molar-refractivity contribution in [1.82, 2.24) is 4.57 Å². The number of rotatable bonds is 3. The summed E-state index contributed by atoms with van der Waals surface area (Å²) >= 11 is 12.2. The molecule has 0 fully saturated rings. The lowest BCUT2D eigenvalue weighted by atomic mass is 10.1. The van der Waals surface area contributed by atoms with Gasteiger partial charge >= 0.3 is 0 Å². The Morgan fingerprint density at radius 1 is 1.00 bits per heavy atom. The number of benzene rings is 2. The van der Waals surface area contributed by atoms with Crippen LogP contribution in [0.1, 0.15) is 11.1 Å². The lowest BCUT2D eigenvalue weighted by Crippen LogP contribution is -2.03. The molecule has 3 rings (SSSR count). The summed E-state index contributed by atoms with van der Waals surface area (Å²) in [5, 5.41) is 2.53. The number of hydrogen-bond donors (Lipinski definition) is 1. The summed E-state index contributed by atoms with van der Waals surface area (Å²) in [5.74, 6) is 0. The number of nitrogens with zero attached hydrogens (tertiary/aromatic N) is 1. The minimum atomic E-state index is 0.524. The fourth-order valence-electron chi connectivity index (χ4n) is 2.47. The molecule has 0 atom stereocenters. The molecule has 1 aromatic heterocycles. The maximum atomic E-state index is 6.25. The van der Waals surface area contributed by atoms with Gasteiger partial charge in [0.15, 0.2) is 0 Å². The van der Waals surface area contributed by atoms with Crippen LogP contribution in [0.2, 0.25) is 10.0 Å². The number of nitrogens with two attached hydrogens (primary N) is 1. The van der Waals surface area contributed by atoms with Crippen LogP contribution in [-0.2, 0) is 13.1 Å². The third-order valence-electron chi connectivity index (χ3n) is 3.45. The molecule has 0 bridgehead atoms. The minimum absolute atomic E-state index is 0.524. The number of halogens is 2. The maximum absolute atomic E-state index is 6.25. The monoisotopic (exact) mass is 304 g/mol. The van der Waals surface area contributed by atoms with Crippen LogP contribution in [0.3, 0.4) is 0 Å². The van der Waals surface area contributed by atoms with Crippen LogP contribution in [-0.4, -0.2) is 4.57 Å². The lowest BCUT2D eigenvalue weighted by molar-refractivity contribution is 0.830. The minimum Gasteiger partial charge on any atom is -0.343 e. The highest BCUT2D eigenvalue weighted by Crippen LogP contribution is 2.25. The van der Waals surface area contributed by atoms with Gasteiger partial charge < -0.3 is 10.3 Å². The van der Waals surface area contributed by atoms with E-state index in [0.29, 0.717) is 23.1 Å². The Hall–Kier alpha value is -1.48. The van der Waals surface area contributed by atoms with E-state index in [0.717, 1.165) is 11.1 Å². The number of fused-ring (bicyclic) bond motifs is 1. The Bertz CT molecular complexity index is 762. The van der Waals surface area contributed by atoms with Crippen LogP contribution in [0.4, 0.5) is 0 Å². The zero-order valence-corrected chi connectivity index (χ0v) is 12.3. The van der Waals surface area contributed by atoms with Gasteiger partial charge in [-0.3, -0.25) is 0 Å². The van der Waals surface area contributed by atoms with Crippen molar-refractivity contribution in [2.45, 2.75) is 13.1 Å². The van der Waals surface area contributed by atoms with E-state index in [9.17, 15) is 0 Å². The van der Waals surface area contributed by atoms with Crippen LogP contribution in [0.5, 0.6) is 0 Å². The molecule has 2 nitrogen and oxygen atoms in total. The predicted molar refractivity (Wildman–Crippen MR) is 85.4 cm³/mol. The van der Waals surface area contributed by atoms with Crippen molar-refractivity contribution in [3.63, 3.8) is 0 Å². The Balaban J connectivity index is 2.06.